The number of hydrogen-bond acceptors (Lipinski definition) is 6. The first-order chi connectivity index (χ1) is 19.9. The maximum atomic E-state index is 14.2. The smallest absolute Gasteiger partial charge is 0.338 e. The van der Waals surface area contributed by atoms with E-state index in [1.165, 1.54) is 11.3 Å². The van der Waals surface area contributed by atoms with Crippen LogP contribution in [0.1, 0.15) is 36.6 Å². The molecule has 8 heteroatoms. The number of aromatic nitrogens is 2. The molecule has 2 aromatic heterocycles. The van der Waals surface area contributed by atoms with Crippen LogP contribution in [0.4, 0.5) is 0 Å². The zero-order chi connectivity index (χ0) is 28.7. The summed E-state index contributed by atoms with van der Waals surface area (Å²) < 4.78 is 12.9. The van der Waals surface area contributed by atoms with Crippen molar-refractivity contribution in [1.82, 2.24) is 9.55 Å². The Morgan fingerprint density at radius 3 is 2.54 bits per heavy atom. The lowest BCUT2D eigenvalue weighted by Crippen LogP contribution is -2.39. The lowest BCUT2D eigenvalue weighted by Gasteiger charge is -2.24. The van der Waals surface area contributed by atoms with E-state index in [0.29, 0.717) is 26.4 Å². The van der Waals surface area contributed by atoms with Crippen LogP contribution in [0.15, 0.2) is 93.9 Å². The zero-order valence-corrected chi connectivity index (χ0v) is 24.0. The van der Waals surface area contributed by atoms with E-state index >= 15 is 0 Å². The van der Waals surface area contributed by atoms with Crippen LogP contribution >= 0.6 is 11.3 Å². The summed E-state index contributed by atoms with van der Waals surface area (Å²) in [7, 11) is 1.60. The number of aromatic amines is 1. The van der Waals surface area contributed by atoms with E-state index in [9.17, 15) is 9.59 Å². The second-order valence-electron chi connectivity index (χ2n) is 9.90. The summed E-state index contributed by atoms with van der Waals surface area (Å²) in [6, 6.07) is 23.0. The number of benzene rings is 3. The Morgan fingerprint density at radius 2 is 1.83 bits per heavy atom. The Labute approximate surface area is 240 Å². The Bertz CT molecular complexity index is 2000. The molecule has 0 amide bonds. The quantitative estimate of drug-likeness (QED) is 0.286. The third-order valence-electron chi connectivity index (χ3n) is 7.28. The van der Waals surface area contributed by atoms with Gasteiger partial charge in [-0.15, -0.1) is 0 Å². The highest BCUT2D eigenvalue weighted by Gasteiger charge is 2.33. The van der Waals surface area contributed by atoms with Crippen molar-refractivity contribution in [3.8, 4) is 17.0 Å². The minimum absolute atomic E-state index is 0.218. The fraction of sp³-hybridized carbons (Fsp3) is 0.182. The number of nitrogens with zero attached hydrogens (tertiary/aromatic N) is 2. The molecule has 3 aromatic carbocycles. The molecule has 1 aliphatic rings. The number of H-pyrrole nitrogens is 1. The average molecular weight is 564 g/mol. The third kappa shape index (κ3) is 4.70. The van der Waals surface area contributed by atoms with Crippen LogP contribution < -0.4 is 19.6 Å². The van der Waals surface area contributed by atoms with Gasteiger partial charge in [0.2, 0.25) is 0 Å². The van der Waals surface area contributed by atoms with Crippen molar-refractivity contribution in [3.63, 3.8) is 0 Å². The van der Waals surface area contributed by atoms with Crippen LogP contribution in [0.5, 0.6) is 5.75 Å². The molecule has 0 spiro atoms. The molecule has 1 N–H and O–H groups in total. The highest BCUT2D eigenvalue weighted by atomic mass is 32.1. The molecular formula is C33H29N3O4S. The summed E-state index contributed by atoms with van der Waals surface area (Å²) in [5.74, 6) is 0.199. The van der Waals surface area contributed by atoms with Crippen LogP contribution in [0.3, 0.4) is 0 Å². The summed E-state index contributed by atoms with van der Waals surface area (Å²) in [6.45, 7) is 5.83. The van der Waals surface area contributed by atoms with Gasteiger partial charge < -0.3 is 14.5 Å². The number of hydrogen-bond donors (Lipinski definition) is 1. The maximum absolute atomic E-state index is 14.2. The molecular weight excluding hydrogens is 534 g/mol. The maximum Gasteiger partial charge on any atom is 0.338 e. The lowest BCUT2D eigenvalue weighted by molar-refractivity contribution is -0.139. The van der Waals surface area contributed by atoms with E-state index in [-0.39, 0.29) is 12.2 Å². The van der Waals surface area contributed by atoms with E-state index in [2.05, 4.69) is 42.2 Å². The molecule has 0 aliphatic carbocycles. The first-order valence-electron chi connectivity index (χ1n) is 13.4. The van der Waals surface area contributed by atoms with E-state index in [1.54, 1.807) is 25.5 Å². The summed E-state index contributed by atoms with van der Waals surface area (Å²) in [6.07, 6.45) is 1.94. The van der Waals surface area contributed by atoms with Crippen molar-refractivity contribution in [2.75, 3.05) is 13.7 Å². The molecule has 0 bridgehead atoms. The largest absolute Gasteiger partial charge is 0.497 e. The molecule has 0 saturated carbocycles. The molecule has 0 saturated heterocycles. The fourth-order valence-corrected chi connectivity index (χ4v) is 6.36. The van der Waals surface area contributed by atoms with Crippen molar-refractivity contribution in [2.45, 2.75) is 26.8 Å². The molecule has 0 unspecified atom stereocenters. The minimum atomic E-state index is -0.683. The number of nitrogens with one attached hydrogen (secondary N) is 1. The van der Waals surface area contributed by atoms with E-state index in [0.717, 1.165) is 38.9 Å². The number of aryl methyl sites for hydroxylation is 1. The number of esters is 1. The van der Waals surface area contributed by atoms with Crippen LogP contribution in [0, 0.1) is 6.92 Å². The number of carbonyl (C=O) groups is 1. The Hall–Kier alpha value is -4.69. The molecule has 41 heavy (non-hydrogen) atoms. The van der Waals surface area contributed by atoms with Gasteiger partial charge >= 0.3 is 5.97 Å². The standard InChI is InChI=1S/C33H29N3O4S/c1-5-40-32(38)28-20(3)34-33-36(30(28)22-12-14-23(39-4)15-13-22)31(37)27(41-33)18-25-24-17-19(2)11-16-26(24)35-29(25)21-9-7-6-8-10-21/h6-18,30,35H,5H2,1-4H3/b27-18+/t30-/m0/s1. The number of ether oxygens (including phenoxy) is 2. The van der Waals surface area contributed by atoms with Gasteiger partial charge in [0.1, 0.15) is 5.75 Å². The van der Waals surface area contributed by atoms with Gasteiger partial charge in [0.15, 0.2) is 4.80 Å². The minimum Gasteiger partial charge on any atom is -0.497 e. The first kappa shape index (κ1) is 26.5. The second kappa shape index (κ2) is 10.7. The summed E-state index contributed by atoms with van der Waals surface area (Å²) in [4.78, 5) is 36.2. The zero-order valence-electron chi connectivity index (χ0n) is 23.2. The van der Waals surface area contributed by atoms with Gasteiger partial charge in [-0.1, -0.05) is 65.4 Å². The van der Waals surface area contributed by atoms with Crippen molar-refractivity contribution in [1.29, 1.82) is 0 Å². The fourth-order valence-electron chi connectivity index (χ4n) is 5.33. The van der Waals surface area contributed by atoms with Gasteiger partial charge in [0.25, 0.3) is 5.56 Å². The molecule has 1 aliphatic heterocycles. The molecule has 3 heterocycles. The van der Waals surface area contributed by atoms with Gasteiger partial charge in [-0.2, -0.15) is 0 Å². The van der Waals surface area contributed by atoms with Gasteiger partial charge in [-0.05, 0) is 62.2 Å². The lowest BCUT2D eigenvalue weighted by atomic mass is 9.96. The SMILES string of the molecule is CCOC(=O)C1=C(C)N=c2s/c(=C/c3c(-c4ccccc4)[nH]c4ccc(C)cc34)c(=O)n2[C@H]1c1ccc(OC)cc1. The molecule has 206 valence electrons. The first-order valence-corrected chi connectivity index (χ1v) is 14.2. The highest BCUT2D eigenvalue weighted by Crippen LogP contribution is 2.33. The third-order valence-corrected chi connectivity index (χ3v) is 8.26. The number of carbonyl (C=O) groups excluding carboxylic acids is 1. The monoisotopic (exact) mass is 563 g/mol. The van der Waals surface area contributed by atoms with Crippen LogP contribution in [-0.4, -0.2) is 29.2 Å². The molecule has 5 aromatic rings. The summed E-state index contributed by atoms with van der Waals surface area (Å²) >= 11 is 1.32. The number of methoxy groups -OCH3 is 1. The number of fused-ring (bicyclic) bond motifs is 2. The highest BCUT2D eigenvalue weighted by molar-refractivity contribution is 7.07. The number of allylic oxidation sites excluding steroid dienone is 1. The normalized spacial score (nSPS) is 15.1. The van der Waals surface area contributed by atoms with Crippen LogP contribution in [-0.2, 0) is 9.53 Å². The van der Waals surface area contributed by atoms with Crippen molar-refractivity contribution in [2.24, 2.45) is 4.99 Å². The summed E-state index contributed by atoms with van der Waals surface area (Å²) in [5.41, 5.74) is 6.44. The average Bonchev–Trinajstić information content (AvgIpc) is 3.49. The van der Waals surface area contributed by atoms with Gasteiger partial charge in [-0.25, -0.2) is 9.79 Å². The predicted molar refractivity (Wildman–Crippen MR) is 162 cm³/mol. The Morgan fingerprint density at radius 1 is 1.07 bits per heavy atom. The van der Waals surface area contributed by atoms with Crippen molar-refractivity contribution >= 4 is 34.3 Å². The number of thiazole rings is 1. The molecule has 7 nitrogen and oxygen atoms in total. The molecule has 0 radical (unpaired) electrons. The Balaban J connectivity index is 1.61. The molecule has 0 fully saturated rings. The van der Waals surface area contributed by atoms with Crippen molar-refractivity contribution in [3.05, 3.63) is 120 Å². The van der Waals surface area contributed by atoms with Gasteiger partial charge in [0, 0.05) is 16.5 Å². The van der Waals surface area contributed by atoms with E-state index < -0.39 is 12.0 Å². The van der Waals surface area contributed by atoms with Crippen LogP contribution in [0.2, 0.25) is 0 Å². The van der Waals surface area contributed by atoms with E-state index in [1.807, 2.05) is 48.5 Å². The van der Waals surface area contributed by atoms with E-state index in [4.69, 9.17) is 14.5 Å². The predicted octanol–water partition coefficient (Wildman–Crippen LogP) is 5.26. The van der Waals surface area contributed by atoms with Crippen LogP contribution in [0.25, 0.3) is 28.2 Å². The van der Waals surface area contributed by atoms with Crippen molar-refractivity contribution < 1.29 is 14.3 Å². The molecule has 6 rings (SSSR count). The Kier molecular flexibility index (Phi) is 6.93. The number of rotatable bonds is 6. The van der Waals surface area contributed by atoms with Gasteiger partial charge in [-0.3, -0.25) is 9.36 Å². The second-order valence-corrected chi connectivity index (χ2v) is 10.9. The topological polar surface area (TPSA) is 85.7 Å². The van der Waals surface area contributed by atoms with Gasteiger partial charge in [0.05, 0.1) is 41.3 Å². The molecule has 1 atom stereocenters. The summed E-state index contributed by atoms with van der Waals surface area (Å²) in [5, 5.41) is 1.03.